The molecule has 4 amide bonds. The molecule has 23 heteroatoms. The molecule has 1 aliphatic carbocycles. The number of aliphatic hydroxyl groups excluding tert-OH is 1. The number of rotatable bonds is 32. The number of aryl methyl sites for hydroxylation is 1. The molecule has 416 valence electrons. The molecule has 4 aromatic heterocycles. The number of benzene rings is 1. The van der Waals surface area contributed by atoms with Gasteiger partial charge in [0.25, 0.3) is 5.91 Å². The molecule has 5 heterocycles. The van der Waals surface area contributed by atoms with E-state index in [0.29, 0.717) is 62.5 Å². The van der Waals surface area contributed by atoms with E-state index in [2.05, 4.69) is 46.5 Å². The third-order valence-electron chi connectivity index (χ3n) is 12.4. The Balaban J connectivity index is 0.668. The molecule has 1 aromatic carbocycles. The van der Waals surface area contributed by atoms with E-state index in [1.54, 1.807) is 35.3 Å². The lowest BCUT2D eigenvalue weighted by molar-refractivity contribution is -0.144. The Morgan fingerprint density at radius 1 is 0.831 bits per heavy atom. The van der Waals surface area contributed by atoms with Crippen molar-refractivity contribution in [3.63, 3.8) is 0 Å². The summed E-state index contributed by atoms with van der Waals surface area (Å²) in [6, 6.07) is 13.5. The molecule has 7 rings (SSSR count). The molecule has 0 bridgehead atoms. The normalized spacial score (nSPS) is 16.3. The first-order chi connectivity index (χ1) is 37.2. The third kappa shape index (κ3) is 18.7. The number of fused-ring (bicyclic) bond motifs is 1. The van der Waals surface area contributed by atoms with Crippen molar-refractivity contribution in [3.8, 4) is 10.4 Å². The van der Waals surface area contributed by atoms with Gasteiger partial charge in [0.1, 0.15) is 36.5 Å². The fourth-order valence-corrected chi connectivity index (χ4v) is 8.96. The number of pyridine rings is 3. The van der Waals surface area contributed by atoms with Crippen LogP contribution < -0.4 is 26.6 Å². The minimum atomic E-state index is -1.42. The van der Waals surface area contributed by atoms with E-state index in [1.807, 2.05) is 70.2 Å². The van der Waals surface area contributed by atoms with Crippen molar-refractivity contribution in [2.24, 2.45) is 5.41 Å². The van der Waals surface area contributed by atoms with Crippen LogP contribution in [-0.2, 0) is 49.3 Å². The van der Waals surface area contributed by atoms with Crippen LogP contribution in [0.1, 0.15) is 61.6 Å². The monoisotopic (exact) mass is 1090 g/mol. The second-order valence-corrected chi connectivity index (χ2v) is 20.6. The van der Waals surface area contributed by atoms with E-state index in [-0.39, 0.29) is 77.6 Å². The van der Waals surface area contributed by atoms with E-state index in [0.717, 1.165) is 45.4 Å². The van der Waals surface area contributed by atoms with Gasteiger partial charge >= 0.3 is 0 Å². The zero-order valence-corrected chi connectivity index (χ0v) is 44.9. The summed E-state index contributed by atoms with van der Waals surface area (Å²) in [7, 11) is 0. The Bertz CT molecular complexity index is 2690. The molecule has 1 saturated heterocycles. The van der Waals surface area contributed by atoms with Crippen LogP contribution in [0.4, 0.5) is 21.7 Å². The molecule has 2 fully saturated rings. The first-order valence-electron chi connectivity index (χ1n) is 25.9. The first-order valence-corrected chi connectivity index (χ1v) is 26.8. The number of aliphatic hydroxyl groups is 1. The van der Waals surface area contributed by atoms with Gasteiger partial charge in [-0.3, -0.25) is 24.2 Å². The summed E-state index contributed by atoms with van der Waals surface area (Å²) in [6.45, 7) is 9.61. The van der Waals surface area contributed by atoms with Crippen LogP contribution >= 0.6 is 11.3 Å². The Morgan fingerprint density at radius 3 is 2.16 bits per heavy atom. The number of nitrogens with zero attached hydrogens (tertiary/aromatic N) is 5. The highest BCUT2D eigenvalue weighted by molar-refractivity contribution is 7.13. The van der Waals surface area contributed by atoms with Crippen molar-refractivity contribution in [2.45, 2.75) is 83.9 Å². The Labute approximate surface area is 451 Å². The summed E-state index contributed by atoms with van der Waals surface area (Å²) in [5.74, 6) is -0.683. The highest BCUT2D eigenvalue weighted by Gasteiger charge is 2.44. The number of anilines is 3. The molecule has 1 aliphatic heterocycles. The standard InChI is InChI=1S/C54H71FN10O11S/c1-35-49(77-34-60-35)37-7-5-36(6-8-37)27-58-52(69)45-25-41(66)31-65(45)53(70)50(54(2,3)4)64-48(67)33-76-24-22-74-20-18-72-16-15-71-17-19-73-21-23-75-32-39(55)29-59-51(68)42-30-57-47(26-44(42)61-40-10-11-40)63-46-12-9-38-28-56-14-13-43(38)62-46/h5-9,12-14,26,28,30,34,39-41,45,50,66H,10-11,15-25,27,29,31-33H2,1-4H3,(H,58,69)(H,59,68)(H,64,67)(H2,57,61,62,63)/t39?,41-,45+,50-/m1/s1. The minimum absolute atomic E-state index is 0.0289. The number of β-amino-alcohol motifs (C(OH)–C–C–N with tert-alkyl or cyclic N) is 1. The number of thiazole rings is 1. The van der Waals surface area contributed by atoms with Gasteiger partial charge in [0.05, 0.1) is 118 Å². The zero-order valence-electron chi connectivity index (χ0n) is 44.1. The molecule has 4 atom stereocenters. The van der Waals surface area contributed by atoms with Crippen LogP contribution in [0.3, 0.4) is 0 Å². The summed E-state index contributed by atoms with van der Waals surface area (Å²) >= 11 is 1.56. The van der Waals surface area contributed by atoms with Crippen LogP contribution in [0.2, 0.25) is 0 Å². The number of amides is 4. The molecular formula is C54H71FN10O11S. The lowest BCUT2D eigenvalue weighted by atomic mass is 9.85. The number of halogens is 1. The van der Waals surface area contributed by atoms with Gasteiger partial charge < -0.3 is 65.0 Å². The highest BCUT2D eigenvalue weighted by atomic mass is 32.1. The molecule has 5 aromatic rings. The van der Waals surface area contributed by atoms with Crippen molar-refractivity contribution in [1.82, 2.24) is 40.8 Å². The molecule has 1 unspecified atom stereocenters. The Hall–Kier alpha value is -6.31. The molecule has 6 N–H and O–H groups in total. The number of nitrogens with one attached hydrogen (secondary N) is 5. The highest BCUT2D eigenvalue weighted by Crippen LogP contribution is 2.31. The minimum Gasteiger partial charge on any atom is -0.391 e. The van der Waals surface area contributed by atoms with Crippen molar-refractivity contribution in [2.75, 3.05) is 103 Å². The van der Waals surface area contributed by atoms with E-state index < -0.39 is 47.5 Å². The third-order valence-corrected chi connectivity index (χ3v) is 13.4. The molecular weight excluding hydrogens is 1020 g/mol. The van der Waals surface area contributed by atoms with E-state index in [4.69, 9.17) is 28.4 Å². The van der Waals surface area contributed by atoms with Crippen LogP contribution in [0, 0.1) is 12.3 Å². The van der Waals surface area contributed by atoms with Gasteiger partial charge in [-0.1, -0.05) is 45.0 Å². The number of aromatic nitrogens is 4. The zero-order chi connectivity index (χ0) is 54.6. The fraction of sp³-hybridized carbons (Fsp3) is 0.519. The Kier molecular flexibility index (Phi) is 22.3. The summed E-state index contributed by atoms with van der Waals surface area (Å²) in [5.41, 5.74) is 5.67. The lowest BCUT2D eigenvalue weighted by Gasteiger charge is -2.35. The lowest BCUT2D eigenvalue weighted by Crippen LogP contribution is -2.58. The summed E-state index contributed by atoms with van der Waals surface area (Å²) in [5, 5.41) is 26.3. The number of carbonyl (C=O) groups excluding carboxylic acids is 4. The maximum Gasteiger partial charge on any atom is 0.255 e. The molecule has 0 spiro atoms. The van der Waals surface area contributed by atoms with Gasteiger partial charge in [0.15, 0.2) is 0 Å². The average Bonchev–Trinajstić information content (AvgIpc) is 4.01. The van der Waals surface area contributed by atoms with Crippen molar-refractivity contribution < 1.29 is 57.1 Å². The van der Waals surface area contributed by atoms with Gasteiger partial charge in [-0.15, -0.1) is 11.3 Å². The number of carbonyl (C=O) groups is 4. The molecule has 0 radical (unpaired) electrons. The number of ether oxygens (including phenoxy) is 6. The van der Waals surface area contributed by atoms with Gasteiger partial charge in [0.2, 0.25) is 17.7 Å². The maximum atomic E-state index is 14.7. The SMILES string of the molecule is Cc1ncsc1-c1ccc(CNC(=O)[C@@H]2C[C@@H](O)CN2C(=O)[C@@H](NC(=O)COCCOCCOCCOCCOCCOCC(F)CNC(=O)c2cnc(Nc3ccc4cnccc4n3)cc2NC2CC2)C(C)(C)C)cc1. The largest absolute Gasteiger partial charge is 0.391 e. The smallest absolute Gasteiger partial charge is 0.255 e. The van der Waals surface area contributed by atoms with E-state index >= 15 is 0 Å². The van der Waals surface area contributed by atoms with Crippen LogP contribution in [-0.4, -0.2) is 176 Å². The second-order valence-electron chi connectivity index (χ2n) is 19.8. The number of likely N-dealkylation sites (tertiary alicyclic amines) is 1. The van der Waals surface area contributed by atoms with Crippen LogP contribution in [0.15, 0.2) is 72.6 Å². The van der Waals surface area contributed by atoms with Crippen LogP contribution in [0.5, 0.6) is 0 Å². The van der Waals surface area contributed by atoms with Gasteiger partial charge in [-0.25, -0.2) is 19.3 Å². The van der Waals surface area contributed by atoms with Gasteiger partial charge in [-0.2, -0.15) is 0 Å². The summed E-state index contributed by atoms with van der Waals surface area (Å²) in [4.78, 5) is 73.2. The fourth-order valence-electron chi connectivity index (χ4n) is 8.15. The number of hydrogen-bond acceptors (Lipinski definition) is 18. The van der Waals surface area contributed by atoms with Crippen molar-refractivity contribution >= 4 is 63.2 Å². The number of hydrogen-bond donors (Lipinski definition) is 6. The first kappa shape index (κ1) is 58.4. The van der Waals surface area contributed by atoms with Crippen molar-refractivity contribution in [3.05, 3.63) is 89.5 Å². The maximum absolute atomic E-state index is 14.7. The summed E-state index contributed by atoms with van der Waals surface area (Å²) in [6.07, 6.45) is 4.65. The molecule has 77 heavy (non-hydrogen) atoms. The molecule has 21 nitrogen and oxygen atoms in total. The molecule has 1 saturated carbocycles. The van der Waals surface area contributed by atoms with Crippen molar-refractivity contribution in [1.29, 1.82) is 0 Å². The second kappa shape index (κ2) is 29.4. The quantitative estimate of drug-likeness (QED) is 0.0318. The van der Waals surface area contributed by atoms with E-state index in [9.17, 15) is 28.7 Å². The Morgan fingerprint density at radius 2 is 1.51 bits per heavy atom. The van der Waals surface area contributed by atoms with Gasteiger partial charge in [0, 0.05) is 55.6 Å². The summed E-state index contributed by atoms with van der Waals surface area (Å²) < 4.78 is 47.7. The topological polar surface area (TPSA) is 259 Å². The van der Waals surface area contributed by atoms with Gasteiger partial charge in [-0.05, 0) is 54.5 Å². The number of alkyl halides is 1. The van der Waals surface area contributed by atoms with E-state index in [1.165, 1.54) is 11.1 Å². The average molecular weight is 1090 g/mol. The molecule has 2 aliphatic rings. The predicted molar refractivity (Wildman–Crippen MR) is 287 cm³/mol. The van der Waals surface area contributed by atoms with Crippen LogP contribution in [0.25, 0.3) is 21.3 Å². The predicted octanol–water partition coefficient (Wildman–Crippen LogP) is 4.75.